The Labute approximate surface area is 112 Å². The third-order valence-corrected chi connectivity index (χ3v) is 2.90. The number of benzene rings is 1. The third kappa shape index (κ3) is 4.04. The second-order valence-corrected chi connectivity index (χ2v) is 4.32. The van der Waals surface area contributed by atoms with Gasteiger partial charge in [-0.05, 0) is 18.6 Å². The summed E-state index contributed by atoms with van der Waals surface area (Å²) in [5.74, 6) is 0.423. The summed E-state index contributed by atoms with van der Waals surface area (Å²) in [6, 6.07) is 7.24. The largest absolute Gasteiger partial charge is 0.386 e. The van der Waals surface area contributed by atoms with Crippen LogP contribution in [-0.2, 0) is 4.79 Å². The fourth-order valence-corrected chi connectivity index (χ4v) is 1.36. The molecule has 0 aliphatic carbocycles. The van der Waals surface area contributed by atoms with Crippen molar-refractivity contribution in [3.8, 4) is 0 Å². The minimum absolute atomic E-state index is 0.0235. The number of nitrogens with one attached hydrogen (secondary N) is 1. The van der Waals surface area contributed by atoms with Gasteiger partial charge in [0.2, 0.25) is 5.91 Å². The number of alkyl halides is 1. The van der Waals surface area contributed by atoms with E-state index in [0.29, 0.717) is 17.2 Å². The number of hydrogen-bond donors (Lipinski definition) is 2. The molecule has 1 aromatic rings. The van der Waals surface area contributed by atoms with Crippen LogP contribution >= 0.6 is 11.6 Å². The lowest BCUT2D eigenvalue weighted by Crippen LogP contribution is -2.20. The molecule has 0 radical (unpaired) electrons. The number of carbonyl (C=O) groups is 1. The molecule has 0 saturated carbocycles. The topological polar surface area (TPSA) is 67.5 Å². The predicted molar refractivity (Wildman–Crippen MR) is 76.5 cm³/mol. The molecule has 0 aromatic heterocycles. The molecule has 4 nitrogen and oxygen atoms in total. The standard InChI is InChI=1S/C13H18ClN3O/c1-3-9(2)13(18)17-11-7-5-4-6-10(11)16-12(15)8-14/h4-7,9H,3,8H2,1-2H3,(H2,15,16)(H,17,18). The molecule has 0 bridgehead atoms. The minimum Gasteiger partial charge on any atom is -0.386 e. The fraction of sp³-hybridized carbons (Fsp3) is 0.385. The molecule has 1 atom stereocenters. The molecule has 0 aliphatic rings. The van der Waals surface area contributed by atoms with Crippen LogP contribution in [0.15, 0.2) is 29.3 Å². The Morgan fingerprint density at radius 2 is 2.17 bits per heavy atom. The van der Waals surface area contributed by atoms with E-state index in [-0.39, 0.29) is 17.7 Å². The van der Waals surface area contributed by atoms with Gasteiger partial charge in [0.05, 0.1) is 17.3 Å². The molecular weight excluding hydrogens is 250 g/mol. The second-order valence-electron chi connectivity index (χ2n) is 4.05. The van der Waals surface area contributed by atoms with E-state index < -0.39 is 0 Å². The molecule has 3 N–H and O–H groups in total. The van der Waals surface area contributed by atoms with Crippen molar-refractivity contribution >= 4 is 34.7 Å². The molecule has 18 heavy (non-hydrogen) atoms. The van der Waals surface area contributed by atoms with Gasteiger partial charge in [-0.1, -0.05) is 26.0 Å². The zero-order valence-corrected chi connectivity index (χ0v) is 11.4. The molecule has 0 spiro atoms. The number of amides is 1. The SMILES string of the molecule is CCC(C)C(=O)Nc1ccccc1N=C(N)CCl. The highest BCUT2D eigenvalue weighted by atomic mass is 35.5. The van der Waals surface area contributed by atoms with Crippen LogP contribution < -0.4 is 11.1 Å². The van der Waals surface area contributed by atoms with Crippen molar-refractivity contribution in [3.63, 3.8) is 0 Å². The molecule has 98 valence electrons. The Morgan fingerprint density at radius 3 is 2.78 bits per heavy atom. The van der Waals surface area contributed by atoms with Crippen LogP contribution in [0.1, 0.15) is 20.3 Å². The number of carbonyl (C=O) groups excluding carboxylic acids is 1. The fourth-order valence-electron chi connectivity index (χ4n) is 1.30. The molecule has 1 rings (SSSR count). The highest BCUT2D eigenvalue weighted by Crippen LogP contribution is 2.25. The maximum absolute atomic E-state index is 11.8. The minimum atomic E-state index is -0.0348. The molecule has 0 heterocycles. The van der Waals surface area contributed by atoms with Gasteiger partial charge >= 0.3 is 0 Å². The van der Waals surface area contributed by atoms with Gasteiger partial charge in [0.25, 0.3) is 0 Å². The van der Waals surface area contributed by atoms with Crippen LogP contribution in [0.5, 0.6) is 0 Å². The quantitative estimate of drug-likeness (QED) is 0.489. The van der Waals surface area contributed by atoms with Crippen LogP contribution in [0.4, 0.5) is 11.4 Å². The summed E-state index contributed by atoms with van der Waals surface area (Å²) in [7, 11) is 0. The number of para-hydroxylation sites is 2. The zero-order valence-electron chi connectivity index (χ0n) is 10.6. The summed E-state index contributed by atoms with van der Waals surface area (Å²) in [4.78, 5) is 16.0. The van der Waals surface area contributed by atoms with E-state index in [1.807, 2.05) is 26.0 Å². The number of aliphatic imine (C=N–C) groups is 1. The van der Waals surface area contributed by atoms with E-state index >= 15 is 0 Å². The van der Waals surface area contributed by atoms with E-state index in [0.717, 1.165) is 6.42 Å². The Kier molecular flexibility index (Phi) is 5.65. The van der Waals surface area contributed by atoms with E-state index in [9.17, 15) is 4.79 Å². The third-order valence-electron chi connectivity index (χ3n) is 2.62. The van der Waals surface area contributed by atoms with Gasteiger partial charge in [0, 0.05) is 5.92 Å². The Balaban J connectivity index is 2.93. The molecule has 0 aliphatic heterocycles. The molecule has 1 unspecified atom stereocenters. The number of hydrogen-bond acceptors (Lipinski definition) is 2. The first kappa shape index (κ1) is 14.5. The number of amidine groups is 1. The van der Waals surface area contributed by atoms with Crippen molar-refractivity contribution in [3.05, 3.63) is 24.3 Å². The smallest absolute Gasteiger partial charge is 0.227 e. The maximum Gasteiger partial charge on any atom is 0.227 e. The van der Waals surface area contributed by atoms with Gasteiger partial charge < -0.3 is 11.1 Å². The summed E-state index contributed by atoms with van der Waals surface area (Å²) in [6.45, 7) is 3.86. The maximum atomic E-state index is 11.8. The van der Waals surface area contributed by atoms with Crippen LogP contribution in [0.25, 0.3) is 0 Å². The first-order valence-electron chi connectivity index (χ1n) is 5.87. The van der Waals surface area contributed by atoms with Crippen molar-refractivity contribution in [2.24, 2.45) is 16.6 Å². The van der Waals surface area contributed by atoms with Crippen molar-refractivity contribution < 1.29 is 4.79 Å². The van der Waals surface area contributed by atoms with Gasteiger partial charge in [-0.25, -0.2) is 4.99 Å². The normalized spacial score (nSPS) is 13.2. The van der Waals surface area contributed by atoms with Gasteiger partial charge in [0.1, 0.15) is 5.84 Å². The average Bonchev–Trinajstić information content (AvgIpc) is 2.39. The van der Waals surface area contributed by atoms with Crippen LogP contribution in [0, 0.1) is 5.92 Å². The summed E-state index contributed by atoms with van der Waals surface area (Å²) in [5.41, 5.74) is 6.86. The monoisotopic (exact) mass is 267 g/mol. The van der Waals surface area contributed by atoms with Crippen molar-refractivity contribution in [2.75, 3.05) is 11.2 Å². The molecule has 1 aromatic carbocycles. The average molecular weight is 268 g/mol. The van der Waals surface area contributed by atoms with E-state index in [2.05, 4.69) is 10.3 Å². The number of anilines is 1. The summed E-state index contributed by atoms with van der Waals surface area (Å²) in [5, 5.41) is 2.85. The van der Waals surface area contributed by atoms with Gasteiger partial charge in [-0.2, -0.15) is 0 Å². The zero-order chi connectivity index (χ0) is 13.5. The number of nitrogens with zero attached hydrogens (tertiary/aromatic N) is 1. The summed E-state index contributed by atoms with van der Waals surface area (Å²) < 4.78 is 0. The Morgan fingerprint density at radius 1 is 1.50 bits per heavy atom. The van der Waals surface area contributed by atoms with Crippen LogP contribution in [0.3, 0.4) is 0 Å². The highest BCUT2D eigenvalue weighted by molar-refractivity contribution is 6.28. The first-order chi connectivity index (χ1) is 8.58. The van der Waals surface area contributed by atoms with Crippen molar-refractivity contribution in [2.45, 2.75) is 20.3 Å². The lowest BCUT2D eigenvalue weighted by atomic mass is 10.1. The highest BCUT2D eigenvalue weighted by Gasteiger charge is 2.12. The molecule has 0 fully saturated rings. The number of nitrogens with two attached hydrogens (primary N) is 1. The molecular formula is C13H18ClN3O. The first-order valence-corrected chi connectivity index (χ1v) is 6.40. The van der Waals surface area contributed by atoms with Gasteiger partial charge in [-0.15, -0.1) is 11.6 Å². The van der Waals surface area contributed by atoms with Gasteiger partial charge in [0.15, 0.2) is 0 Å². The van der Waals surface area contributed by atoms with E-state index in [4.69, 9.17) is 17.3 Å². The molecule has 5 heteroatoms. The lowest BCUT2D eigenvalue weighted by Gasteiger charge is -2.11. The lowest BCUT2D eigenvalue weighted by molar-refractivity contribution is -0.119. The molecule has 0 saturated heterocycles. The van der Waals surface area contributed by atoms with E-state index in [1.165, 1.54) is 0 Å². The van der Waals surface area contributed by atoms with Crippen LogP contribution in [-0.4, -0.2) is 17.6 Å². The second kappa shape index (κ2) is 7.01. The predicted octanol–water partition coefficient (Wildman–Crippen LogP) is 2.90. The summed E-state index contributed by atoms with van der Waals surface area (Å²) in [6.07, 6.45) is 0.793. The number of halogens is 1. The molecule has 1 amide bonds. The van der Waals surface area contributed by atoms with Crippen LogP contribution in [0.2, 0.25) is 0 Å². The van der Waals surface area contributed by atoms with Crippen molar-refractivity contribution in [1.29, 1.82) is 0 Å². The van der Waals surface area contributed by atoms with Crippen molar-refractivity contribution in [1.82, 2.24) is 0 Å². The number of rotatable bonds is 5. The van der Waals surface area contributed by atoms with E-state index in [1.54, 1.807) is 12.1 Å². The van der Waals surface area contributed by atoms with Gasteiger partial charge in [-0.3, -0.25) is 4.79 Å². The summed E-state index contributed by atoms with van der Waals surface area (Å²) >= 11 is 5.59. The Hall–Kier alpha value is -1.55. The Bertz CT molecular complexity index is 446.